The molecule has 0 radical (unpaired) electrons. The third-order valence-corrected chi connectivity index (χ3v) is 4.09. The van der Waals surface area contributed by atoms with Crippen molar-refractivity contribution in [2.45, 2.75) is 6.92 Å². The van der Waals surface area contributed by atoms with Crippen LogP contribution in [-0.4, -0.2) is 32.1 Å². The molecule has 0 unspecified atom stereocenters. The van der Waals surface area contributed by atoms with Crippen molar-refractivity contribution in [1.29, 1.82) is 0 Å². The summed E-state index contributed by atoms with van der Waals surface area (Å²) in [6.45, 7) is 1.27. The summed E-state index contributed by atoms with van der Waals surface area (Å²) in [5.74, 6) is -0.328. The van der Waals surface area contributed by atoms with Gasteiger partial charge < -0.3 is 18.9 Å². The smallest absolute Gasteiger partial charge is 0.363 e. The highest BCUT2D eigenvalue weighted by Gasteiger charge is 2.26. The molecule has 0 spiro atoms. The first-order valence-electron chi connectivity index (χ1n) is 8.15. The van der Waals surface area contributed by atoms with Crippen LogP contribution in [0.15, 0.2) is 47.1 Å². The van der Waals surface area contributed by atoms with E-state index >= 15 is 0 Å². The third kappa shape index (κ3) is 3.99. The summed E-state index contributed by atoms with van der Waals surface area (Å²) < 4.78 is 20.9. The molecular formula is C20H16ClNO6. The molecule has 0 amide bonds. The van der Waals surface area contributed by atoms with Crippen LogP contribution in [0.1, 0.15) is 18.1 Å². The maximum absolute atomic E-state index is 12.2. The van der Waals surface area contributed by atoms with Gasteiger partial charge in [0.1, 0.15) is 0 Å². The Hall–Kier alpha value is -3.32. The molecule has 2 aromatic rings. The molecule has 8 heteroatoms. The van der Waals surface area contributed by atoms with Gasteiger partial charge in [-0.2, -0.15) is 0 Å². The highest BCUT2D eigenvalue weighted by Crippen LogP contribution is 2.39. The van der Waals surface area contributed by atoms with Gasteiger partial charge in [-0.05, 0) is 35.9 Å². The first-order valence-corrected chi connectivity index (χ1v) is 8.52. The standard InChI is InChI=1S/C20H16ClNO6/c1-11(23)27-18-16(25-2)9-12(10-17(18)26-3)8-15-20(24)28-19(22-15)13-6-4-5-7-14(13)21/h4-10H,1-3H3/b15-8-. The molecule has 0 bridgehead atoms. The van der Waals surface area contributed by atoms with Crippen LogP contribution < -0.4 is 14.2 Å². The summed E-state index contributed by atoms with van der Waals surface area (Å²) >= 11 is 6.13. The maximum Gasteiger partial charge on any atom is 0.363 e. The third-order valence-electron chi connectivity index (χ3n) is 3.76. The second kappa shape index (κ2) is 8.14. The molecule has 144 valence electrons. The van der Waals surface area contributed by atoms with Gasteiger partial charge in [-0.25, -0.2) is 9.79 Å². The number of methoxy groups -OCH3 is 2. The Morgan fingerprint density at radius 3 is 2.36 bits per heavy atom. The maximum atomic E-state index is 12.2. The molecule has 2 aromatic carbocycles. The lowest BCUT2D eigenvalue weighted by Gasteiger charge is -2.13. The fourth-order valence-electron chi connectivity index (χ4n) is 2.54. The van der Waals surface area contributed by atoms with E-state index in [-0.39, 0.29) is 28.8 Å². The number of carbonyl (C=O) groups excluding carboxylic acids is 2. The van der Waals surface area contributed by atoms with Crippen LogP contribution in [0.2, 0.25) is 5.02 Å². The zero-order chi connectivity index (χ0) is 20.3. The van der Waals surface area contributed by atoms with E-state index in [0.717, 1.165) is 0 Å². The van der Waals surface area contributed by atoms with Crippen LogP contribution in [-0.2, 0) is 14.3 Å². The van der Waals surface area contributed by atoms with Crippen molar-refractivity contribution in [3.8, 4) is 17.2 Å². The number of hydrogen-bond acceptors (Lipinski definition) is 7. The van der Waals surface area contributed by atoms with E-state index in [2.05, 4.69) is 4.99 Å². The van der Waals surface area contributed by atoms with Crippen LogP contribution in [0.3, 0.4) is 0 Å². The minimum atomic E-state index is -0.614. The Kier molecular flexibility index (Phi) is 5.65. The molecular weight excluding hydrogens is 386 g/mol. The van der Waals surface area contributed by atoms with E-state index in [0.29, 0.717) is 16.1 Å². The second-order valence-electron chi connectivity index (χ2n) is 5.66. The first-order chi connectivity index (χ1) is 13.4. The first kappa shape index (κ1) is 19.4. The number of benzene rings is 2. The molecule has 7 nitrogen and oxygen atoms in total. The largest absolute Gasteiger partial charge is 0.493 e. The van der Waals surface area contributed by atoms with Crippen molar-refractivity contribution in [1.82, 2.24) is 0 Å². The van der Waals surface area contributed by atoms with Crippen LogP contribution in [0.4, 0.5) is 0 Å². The van der Waals surface area contributed by atoms with E-state index in [1.165, 1.54) is 27.2 Å². The van der Waals surface area contributed by atoms with Gasteiger partial charge in [0.05, 0.1) is 24.8 Å². The number of ether oxygens (including phenoxy) is 4. The number of nitrogens with zero attached hydrogens (tertiary/aromatic N) is 1. The quantitative estimate of drug-likeness (QED) is 0.432. The minimum Gasteiger partial charge on any atom is -0.493 e. The predicted molar refractivity (Wildman–Crippen MR) is 103 cm³/mol. The Labute approximate surface area is 166 Å². The SMILES string of the molecule is COc1cc(/C=C2\N=C(c3ccccc3Cl)OC2=O)cc(OC)c1OC(C)=O. The number of cyclic esters (lactones) is 1. The monoisotopic (exact) mass is 401 g/mol. The Balaban J connectivity index is 2.02. The molecule has 0 atom stereocenters. The molecule has 1 aliphatic heterocycles. The molecule has 0 fully saturated rings. The average molecular weight is 402 g/mol. The molecule has 1 aliphatic rings. The van der Waals surface area contributed by atoms with Crippen LogP contribution in [0, 0.1) is 0 Å². The molecule has 0 N–H and O–H groups in total. The van der Waals surface area contributed by atoms with E-state index in [9.17, 15) is 9.59 Å². The lowest BCUT2D eigenvalue weighted by atomic mass is 10.1. The molecule has 3 rings (SSSR count). The molecule has 0 saturated carbocycles. The van der Waals surface area contributed by atoms with Crippen molar-refractivity contribution < 1.29 is 28.5 Å². The van der Waals surface area contributed by atoms with E-state index < -0.39 is 11.9 Å². The number of hydrogen-bond donors (Lipinski definition) is 0. The average Bonchev–Trinajstić information content (AvgIpc) is 3.02. The van der Waals surface area contributed by atoms with Crippen molar-refractivity contribution in [3.05, 3.63) is 58.2 Å². The van der Waals surface area contributed by atoms with Crippen molar-refractivity contribution >= 4 is 35.5 Å². The Morgan fingerprint density at radius 1 is 1.14 bits per heavy atom. The Bertz CT molecular complexity index is 987. The van der Waals surface area contributed by atoms with Gasteiger partial charge in [-0.3, -0.25) is 4.79 Å². The van der Waals surface area contributed by atoms with Crippen LogP contribution in [0.5, 0.6) is 17.2 Å². The van der Waals surface area contributed by atoms with Crippen LogP contribution in [0.25, 0.3) is 6.08 Å². The number of aliphatic imine (C=N–C) groups is 1. The zero-order valence-electron chi connectivity index (χ0n) is 15.3. The molecule has 0 aromatic heterocycles. The number of rotatable bonds is 5. The van der Waals surface area contributed by atoms with Gasteiger partial charge in [0, 0.05) is 6.92 Å². The summed E-state index contributed by atoms with van der Waals surface area (Å²) in [5, 5.41) is 0.421. The van der Waals surface area contributed by atoms with Gasteiger partial charge in [-0.15, -0.1) is 0 Å². The zero-order valence-corrected chi connectivity index (χ0v) is 16.1. The Morgan fingerprint density at radius 2 is 1.79 bits per heavy atom. The normalized spacial score (nSPS) is 14.5. The molecule has 28 heavy (non-hydrogen) atoms. The van der Waals surface area contributed by atoms with Crippen molar-refractivity contribution in [2.24, 2.45) is 4.99 Å². The fraction of sp³-hybridized carbons (Fsp3) is 0.150. The van der Waals surface area contributed by atoms with Gasteiger partial charge in [-0.1, -0.05) is 23.7 Å². The highest BCUT2D eigenvalue weighted by molar-refractivity contribution is 6.34. The minimum absolute atomic E-state index is 0.0827. The van der Waals surface area contributed by atoms with Crippen molar-refractivity contribution in [3.63, 3.8) is 0 Å². The fourth-order valence-corrected chi connectivity index (χ4v) is 2.76. The lowest BCUT2D eigenvalue weighted by molar-refractivity contribution is -0.132. The van der Waals surface area contributed by atoms with Crippen molar-refractivity contribution in [2.75, 3.05) is 14.2 Å². The van der Waals surface area contributed by atoms with Gasteiger partial charge in [0.2, 0.25) is 11.6 Å². The van der Waals surface area contributed by atoms with Crippen LogP contribution >= 0.6 is 11.6 Å². The summed E-state index contributed by atoms with van der Waals surface area (Å²) in [5.41, 5.74) is 1.14. The van der Waals surface area contributed by atoms with E-state index in [4.69, 9.17) is 30.5 Å². The second-order valence-corrected chi connectivity index (χ2v) is 6.07. The van der Waals surface area contributed by atoms with E-state index in [1.54, 1.807) is 36.4 Å². The number of carbonyl (C=O) groups is 2. The summed E-state index contributed by atoms with van der Waals surface area (Å²) in [6.07, 6.45) is 1.51. The summed E-state index contributed by atoms with van der Waals surface area (Å²) in [6, 6.07) is 10.1. The van der Waals surface area contributed by atoms with Gasteiger partial charge in [0.15, 0.2) is 17.2 Å². The topological polar surface area (TPSA) is 83.4 Å². The summed E-state index contributed by atoms with van der Waals surface area (Å²) in [7, 11) is 2.85. The van der Waals surface area contributed by atoms with Gasteiger partial charge >= 0.3 is 11.9 Å². The molecule has 1 heterocycles. The number of halogens is 1. The predicted octanol–water partition coefficient (Wildman–Crippen LogP) is 3.63. The van der Waals surface area contributed by atoms with Gasteiger partial charge in [0.25, 0.3) is 0 Å². The lowest BCUT2D eigenvalue weighted by Crippen LogP contribution is -2.06. The molecule has 0 saturated heterocycles. The molecule has 0 aliphatic carbocycles. The summed E-state index contributed by atoms with van der Waals surface area (Å²) in [4.78, 5) is 27.8. The highest BCUT2D eigenvalue weighted by atomic mass is 35.5. The number of esters is 2. The van der Waals surface area contributed by atoms with E-state index in [1.807, 2.05) is 0 Å².